The standard InChI is InChI=1S/C20H22BrNO/c1-20(2,3)19-22-13-17(14-7-5-4-6-8-14)18(23-19)15-9-11-16(21)12-10-15/h4-12,17-18H,13H2,1-3H3. The summed E-state index contributed by atoms with van der Waals surface area (Å²) >= 11 is 3.51. The molecule has 0 aliphatic carbocycles. The first-order chi connectivity index (χ1) is 10.9. The lowest BCUT2D eigenvalue weighted by Gasteiger charge is -2.36. The van der Waals surface area contributed by atoms with Gasteiger partial charge < -0.3 is 4.74 Å². The normalized spacial score (nSPS) is 21.5. The summed E-state index contributed by atoms with van der Waals surface area (Å²) in [5.74, 6) is 1.08. The smallest absolute Gasteiger partial charge is 0.189 e. The van der Waals surface area contributed by atoms with Crippen molar-refractivity contribution in [2.45, 2.75) is 32.8 Å². The van der Waals surface area contributed by atoms with E-state index in [0.717, 1.165) is 16.9 Å². The Kier molecular flexibility index (Phi) is 4.58. The van der Waals surface area contributed by atoms with Crippen molar-refractivity contribution in [2.24, 2.45) is 10.4 Å². The summed E-state index contributed by atoms with van der Waals surface area (Å²) in [7, 11) is 0. The molecule has 0 saturated heterocycles. The quantitative estimate of drug-likeness (QED) is 0.658. The van der Waals surface area contributed by atoms with E-state index < -0.39 is 0 Å². The van der Waals surface area contributed by atoms with E-state index in [1.54, 1.807) is 0 Å². The van der Waals surface area contributed by atoms with Gasteiger partial charge in [-0.25, -0.2) is 0 Å². The molecular weight excluding hydrogens is 350 g/mol. The Balaban J connectivity index is 1.99. The predicted octanol–water partition coefficient (Wildman–Crippen LogP) is 5.75. The van der Waals surface area contributed by atoms with Gasteiger partial charge in [-0.15, -0.1) is 0 Å². The summed E-state index contributed by atoms with van der Waals surface area (Å²) in [5, 5.41) is 0. The van der Waals surface area contributed by atoms with Crippen LogP contribution in [0.25, 0.3) is 0 Å². The second kappa shape index (κ2) is 6.48. The molecule has 2 unspecified atom stereocenters. The van der Waals surface area contributed by atoms with Gasteiger partial charge in [0.05, 0.1) is 6.54 Å². The molecule has 0 bridgehead atoms. The van der Waals surface area contributed by atoms with Crippen molar-refractivity contribution in [1.82, 2.24) is 0 Å². The van der Waals surface area contributed by atoms with E-state index in [-0.39, 0.29) is 17.4 Å². The lowest BCUT2D eigenvalue weighted by Crippen LogP contribution is -2.33. The summed E-state index contributed by atoms with van der Waals surface area (Å²) in [5.41, 5.74) is 2.39. The zero-order chi connectivity index (χ0) is 16.4. The van der Waals surface area contributed by atoms with Crippen molar-refractivity contribution in [3.05, 3.63) is 70.2 Å². The summed E-state index contributed by atoms with van der Waals surface area (Å²) in [6.45, 7) is 7.20. The number of ether oxygens (including phenoxy) is 1. The van der Waals surface area contributed by atoms with Gasteiger partial charge in [0.2, 0.25) is 0 Å². The fourth-order valence-corrected chi connectivity index (χ4v) is 3.13. The molecule has 1 aliphatic rings. The molecule has 0 aromatic heterocycles. The zero-order valence-corrected chi connectivity index (χ0v) is 15.4. The number of aliphatic imine (C=N–C) groups is 1. The lowest BCUT2D eigenvalue weighted by atomic mass is 9.86. The van der Waals surface area contributed by atoms with Crippen LogP contribution < -0.4 is 0 Å². The van der Waals surface area contributed by atoms with Crippen LogP contribution in [-0.4, -0.2) is 12.4 Å². The maximum Gasteiger partial charge on any atom is 0.189 e. The minimum atomic E-state index is -0.0741. The van der Waals surface area contributed by atoms with Gasteiger partial charge in [-0.3, -0.25) is 4.99 Å². The Bertz CT molecular complexity index is 686. The van der Waals surface area contributed by atoms with Crippen molar-refractivity contribution in [3.63, 3.8) is 0 Å². The van der Waals surface area contributed by atoms with Crippen LogP contribution >= 0.6 is 15.9 Å². The van der Waals surface area contributed by atoms with Crippen LogP contribution in [0.5, 0.6) is 0 Å². The zero-order valence-electron chi connectivity index (χ0n) is 13.8. The van der Waals surface area contributed by atoms with Crippen LogP contribution in [0.3, 0.4) is 0 Å². The van der Waals surface area contributed by atoms with Crippen molar-refractivity contribution >= 4 is 21.8 Å². The third-order valence-corrected chi connectivity index (χ3v) is 4.63. The molecule has 0 N–H and O–H groups in total. The average molecular weight is 372 g/mol. The molecule has 0 amide bonds. The van der Waals surface area contributed by atoms with Crippen LogP contribution in [-0.2, 0) is 4.74 Å². The highest BCUT2D eigenvalue weighted by molar-refractivity contribution is 9.10. The van der Waals surface area contributed by atoms with Crippen LogP contribution in [0.2, 0.25) is 0 Å². The summed E-state index contributed by atoms with van der Waals surface area (Å²) < 4.78 is 7.46. The topological polar surface area (TPSA) is 21.6 Å². The van der Waals surface area contributed by atoms with Gasteiger partial charge in [-0.2, -0.15) is 0 Å². The molecule has 120 valence electrons. The molecule has 3 heteroatoms. The molecule has 0 fully saturated rings. The lowest BCUT2D eigenvalue weighted by molar-refractivity contribution is 0.123. The molecule has 0 spiro atoms. The largest absolute Gasteiger partial charge is 0.472 e. The summed E-state index contributed by atoms with van der Waals surface area (Å²) in [6, 6.07) is 19.0. The van der Waals surface area contributed by atoms with Crippen molar-refractivity contribution in [3.8, 4) is 0 Å². The van der Waals surface area contributed by atoms with E-state index in [1.165, 1.54) is 11.1 Å². The Labute approximate surface area is 146 Å². The van der Waals surface area contributed by atoms with Gasteiger partial charge in [-0.05, 0) is 23.3 Å². The molecule has 0 saturated carbocycles. The van der Waals surface area contributed by atoms with Gasteiger partial charge >= 0.3 is 0 Å². The fraction of sp³-hybridized carbons (Fsp3) is 0.350. The third-order valence-electron chi connectivity index (χ3n) is 4.10. The molecule has 1 aliphatic heterocycles. The molecule has 23 heavy (non-hydrogen) atoms. The van der Waals surface area contributed by atoms with Crippen LogP contribution in [0.4, 0.5) is 0 Å². The number of nitrogens with zero attached hydrogens (tertiary/aromatic N) is 1. The molecule has 2 atom stereocenters. The second-order valence-corrected chi connectivity index (χ2v) is 7.92. The molecule has 3 rings (SSSR count). The minimum absolute atomic E-state index is 0.00257. The molecule has 2 nitrogen and oxygen atoms in total. The van der Waals surface area contributed by atoms with Gasteiger partial charge in [-0.1, -0.05) is 79.2 Å². The minimum Gasteiger partial charge on any atom is -0.472 e. The van der Waals surface area contributed by atoms with E-state index in [0.29, 0.717) is 0 Å². The SMILES string of the molecule is CC(C)(C)C1=NCC(c2ccccc2)C(c2ccc(Br)cc2)O1. The van der Waals surface area contributed by atoms with Crippen LogP contribution in [0, 0.1) is 5.41 Å². The van der Waals surface area contributed by atoms with E-state index in [4.69, 9.17) is 9.73 Å². The summed E-state index contributed by atoms with van der Waals surface area (Å²) in [6.07, 6.45) is -0.00257. The number of halogens is 1. The van der Waals surface area contributed by atoms with Crippen LogP contribution in [0.1, 0.15) is 43.9 Å². The third kappa shape index (κ3) is 3.66. The molecule has 0 radical (unpaired) electrons. The fourth-order valence-electron chi connectivity index (χ4n) is 2.86. The number of hydrogen-bond acceptors (Lipinski definition) is 2. The molecule has 1 heterocycles. The average Bonchev–Trinajstić information content (AvgIpc) is 2.55. The van der Waals surface area contributed by atoms with Gasteiger partial charge in [0, 0.05) is 15.8 Å². The maximum absolute atomic E-state index is 6.38. The molecular formula is C20H22BrNO. The Morgan fingerprint density at radius 3 is 2.22 bits per heavy atom. The van der Waals surface area contributed by atoms with Crippen molar-refractivity contribution in [2.75, 3.05) is 6.54 Å². The predicted molar refractivity (Wildman–Crippen MR) is 98.9 cm³/mol. The van der Waals surface area contributed by atoms with Crippen LogP contribution in [0.15, 0.2) is 64.1 Å². The Morgan fingerprint density at radius 2 is 1.61 bits per heavy atom. The highest BCUT2D eigenvalue weighted by atomic mass is 79.9. The van der Waals surface area contributed by atoms with E-state index in [9.17, 15) is 0 Å². The Hall–Kier alpha value is -1.61. The first-order valence-corrected chi connectivity index (χ1v) is 8.76. The molecule has 2 aromatic rings. The molecule has 2 aromatic carbocycles. The van der Waals surface area contributed by atoms with Gasteiger partial charge in [0.25, 0.3) is 0 Å². The van der Waals surface area contributed by atoms with E-state index in [1.807, 2.05) is 6.07 Å². The Morgan fingerprint density at radius 1 is 0.957 bits per heavy atom. The highest BCUT2D eigenvalue weighted by Crippen LogP contribution is 2.40. The first kappa shape index (κ1) is 16.3. The van der Waals surface area contributed by atoms with Gasteiger partial charge in [0.15, 0.2) is 5.90 Å². The van der Waals surface area contributed by atoms with Crippen molar-refractivity contribution < 1.29 is 4.74 Å². The monoisotopic (exact) mass is 371 g/mol. The number of rotatable bonds is 2. The highest BCUT2D eigenvalue weighted by Gasteiger charge is 2.35. The summed E-state index contributed by atoms with van der Waals surface area (Å²) in [4.78, 5) is 4.74. The van der Waals surface area contributed by atoms with Gasteiger partial charge in [0.1, 0.15) is 6.10 Å². The maximum atomic E-state index is 6.38. The van der Waals surface area contributed by atoms with E-state index in [2.05, 4.69) is 85.2 Å². The van der Waals surface area contributed by atoms with Crippen molar-refractivity contribution in [1.29, 1.82) is 0 Å². The first-order valence-electron chi connectivity index (χ1n) is 7.97. The van der Waals surface area contributed by atoms with E-state index >= 15 is 0 Å². The number of hydrogen-bond donors (Lipinski definition) is 0. The number of benzene rings is 2. The second-order valence-electron chi connectivity index (χ2n) is 7.00.